The molecule has 1 aliphatic heterocycles. The first kappa shape index (κ1) is 18.7. The molecule has 0 fully saturated rings. The van der Waals surface area contributed by atoms with E-state index in [0.717, 1.165) is 9.90 Å². The molecule has 0 atom stereocenters. The van der Waals surface area contributed by atoms with Gasteiger partial charge in [-0.15, -0.1) is 10.2 Å². The minimum atomic E-state index is -0.251. The minimum absolute atomic E-state index is 0.0762. The largest absolute Gasteiger partial charge is 0.486 e. The number of fused-ring (bicyclic) bond motifs is 1. The standard InChI is InChI=1S/C19H16FN3O3S2/c20-14-4-1-12(2-5-14)11-27-19-23-22-18(28-19)21-10-15(24)13-3-6-16-17(9-13)26-8-7-25-16/h1-6,9H,7-8,10-11H2,(H,21,22). The Bertz CT molecular complexity index is 979. The number of anilines is 1. The Morgan fingerprint density at radius 2 is 1.89 bits per heavy atom. The van der Waals surface area contributed by atoms with Gasteiger partial charge in [-0.2, -0.15) is 0 Å². The quantitative estimate of drug-likeness (QED) is 0.459. The molecule has 0 spiro atoms. The monoisotopic (exact) mass is 417 g/mol. The van der Waals surface area contributed by atoms with E-state index in [4.69, 9.17) is 9.47 Å². The second kappa shape index (κ2) is 8.57. The number of carbonyl (C=O) groups excluding carboxylic acids is 1. The van der Waals surface area contributed by atoms with E-state index in [2.05, 4.69) is 15.5 Å². The van der Waals surface area contributed by atoms with Crippen molar-refractivity contribution in [2.24, 2.45) is 0 Å². The Hall–Kier alpha value is -2.65. The highest BCUT2D eigenvalue weighted by molar-refractivity contribution is 8.00. The number of ether oxygens (including phenoxy) is 2. The zero-order chi connectivity index (χ0) is 19.3. The van der Waals surface area contributed by atoms with Crippen molar-refractivity contribution in [1.82, 2.24) is 10.2 Å². The van der Waals surface area contributed by atoms with Gasteiger partial charge in [-0.1, -0.05) is 35.2 Å². The van der Waals surface area contributed by atoms with Crippen molar-refractivity contribution in [1.29, 1.82) is 0 Å². The lowest BCUT2D eigenvalue weighted by Crippen LogP contribution is -2.17. The van der Waals surface area contributed by atoms with Crippen LogP contribution in [0.2, 0.25) is 0 Å². The van der Waals surface area contributed by atoms with Crippen molar-refractivity contribution >= 4 is 34.0 Å². The molecule has 9 heteroatoms. The highest BCUT2D eigenvalue weighted by Crippen LogP contribution is 2.31. The van der Waals surface area contributed by atoms with Gasteiger partial charge < -0.3 is 14.8 Å². The molecule has 1 aromatic heterocycles. The van der Waals surface area contributed by atoms with Crippen molar-refractivity contribution in [2.75, 3.05) is 25.1 Å². The minimum Gasteiger partial charge on any atom is -0.486 e. The molecular formula is C19H16FN3O3S2. The molecule has 2 heterocycles. The SMILES string of the molecule is O=C(CNc1nnc(SCc2ccc(F)cc2)s1)c1ccc2c(c1)OCCO2. The zero-order valence-corrected chi connectivity index (χ0v) is 16.3. The van der Waals surface area contributed by atoms with Crippen molar-refractivity contribution in [3.8, 4) is 11.5 Å². The number of carbonyl (C=O) groups is 1. The van der Waals surface area contributed by atoms with Crippen molar-refractivity contribution < 1.29 is 18.7 Å². The summed E-state index contributed by atoms with van der Waals surface area (Å²) in [6, 6.07) is 11.5. The molecule has 0 bridgehead atoms. The summed E-state index contributed by atoms with van der Waals surface area (Å²) < 4.78 is 24.7. The van der Waals surface area contributed by atoms with E-state index >= 15 is 0 Å². The first-order valence-corrected chi connectivity index (χ1v) is 10.3. The number of ketones is 1. The maximum Gasteiger partial charge on any atom is 0.206 e. The maximum atomic E-state index is 12.9. The molecule has 0 amide bonds. The second-order valence-corrected chi connectivity index (χ2v) is 8.12. The number of nitrogens with zero attached hydrogens (tertiary/aromatic N) is 2. The molecule has 1 N–H and O–H groups in total. The van der Waals surface area contributed by atoms with Crippen LogP contribution in [0.15, 0.2) is 46.8 Å². The van der Waals surface area contributed by atoms with E-state index in [1.165, 1.54) is 35.2 Å². The fraction of sp³-hybridized carbons (Fsp3) is 0.211. The van der Waals surface area contributed by atoms with E-state index < -0.39 is 0 Å². The van der Waals surface area contributed by atoms with Crippen LogP contribution in [-0.2, 0) is 5.75 Å². The molecule has 0 saturated carbocycles. The summed E-state index contributed by atoms with van der Waals surface area (Å²) in [5, 5.41) is 11.7. The van der Waals surface area contributed by atoms with Gasteiger partial charge in [0.2, 0.25) is 5.13 Å². The van der Waals surface area contributed by atoms with Gasteiger partial charge in [0.25, 0.3) is 0 Å². The first-order chi connectivity index (χ1) is 13.7. The highest BCUT2D eigenvalue weighted by Gasteiger charge is 2.15. The predicted octanol–water partition coefficient (Wildman–Crippen LogP) is 4.04. The van der Waals surface area contributed by atoms with E-state index in [-0.39, 0.29) is 18.1 Å². The van der Waals surface area contributed by atoms with Gasteiger partial charge in [-0.3, -0.25) is 4.79 Å². The molecule has 4 rings (SSSR count). The number of halogens is 1. The molecule has 144 valence electrons. The van der Waals surface area contributed by atoms with Crippen molar-refractivity contribution in [3.63, 3.8) is 0 Å². The third-order valence-corrected chi connectivity index (χ3v) is 6.03. The van der Waals surface area contributed by atoms with E-state index in [1.54, 1.807) is 30.3 Å². The summed E-state index contributed by atoms with van der Waals surface area (Å²) in [5.41, 5.74) is 1.55. The number of aromatic nitrogens is 2. The predicted molar refractivity (Wildman–Crippen MR) is 106 cm³/mol. The number of hydrogen-bond acceptors (Lipinski definition) is 8. The van der Waals surface area contributed by atoms with Gasteiger partial charge in [-0.05, 0) is 35.9 Å². The van der Waals surface area contributed by atoms with Gasteiger partial charge in [-0.25, -0.2) is 4.39 Å². The van der Waals surface area contributed by atoms with Crippen molar-refractivity contribution in [3.05, 3.63) is 59.4 Å². The number of thioether (sulfide) groups is 1. The molecule has 3 aromatic rings. The molecule has 28 heavy (non-hydrogen) atoms. The first-order valence-electron chi connectivity index (χ1n) is 8.55. The normalized spacial score (nSPS) is 12.6. The lowest BCUT2D eigenvalue weighted by molar-refractivity contribution is 0.100. The number of Topliss-reactive ketones (excluding diaryl/α,β-unsaturated/α-hetero) is 1. The Kier molecular flexibility index (Phi) is 5.73. The van der Waals surface area contributed by atoms with Crippen LogP contribution in [0.4, 0.5) is 9.52 Å². The van der Waals surface area contributed by atoms with Gasteiger partial charge >= 0.3 is 0 Å². The molecule has 0 radical (unpaired) electrons. The van der Waals surface area contributed by atoms with Crippen LogP contribution < -0.4 is 14.8 Å². The van der Waals surface area contributed by atoms with Crippen LogP contribution in [0.3, 0.4) is 0 Å². The number of nitrogens with one attached hydrogen (secondary N) is 1. The molecular weight excluding hydrogens is 401 g/mol. The highest BCUT2D eigenvalue weighted by atomic mass is 32.2. The topological polar surface area (TPSA) is 73.3 Å². The van der Waals surface area contributed by atoms with Gasteiger partial charge in [0.15, 0.2) is 21.6 Å². The number of benzene rings is 2. The van der Waals surface area contributed by atoms with Crippen LogP contribution in [0.25, 0.3) is 0 Å². The van der Waals surface area contributed by atoms with Crippen LogP contribution in [0, 0.1) is 5.82 Å². The maximum absolute atomic E-state index is 12.9. The smallest absolute Gasteiger partial charge is 0.206 e. The van der Waals surface area contributed by atoms with Gasteiger partial charge in [0.05, 0.1) is 6.54 Å². The Morgan fingerprint density at radius 1 is 1.11 bits per heavy atom. The average Bonchev–Trinajstić information content (AvgIpc) is 3.19. The van der Waals surface area contributed by atoms with E-state index in [9.17, 15) is 9.18 Å². The fourth-order valence-corrected chi connectivity index (χ4v) is 4.24. The van der Waals surface area contributed by atoms with Crippen LogP contribution in [-0.4, -0.2) is 35.7 Å². The molecule has 1 aliphatic rings. The summed E-state index contributed by atoms with van der Waals surface area (Å²) in [4.78, 5) is 12.4. The molecule has 6 nitrogen and oxygen atoms in total. The summed E-state index contributed by atoms with van der Waals surface area (Å²) in [6.07, 6.45) is 0. The van der Waals surface area contributed by atoms with Gasteiger partial charge in [0, 0.05) is 11.3 Å². The summed E-state index contributed by atoms with van der Waals surface area (Å²) in [5.74, 6) is 1.59. The summed E-state index contributed by atoms with van der Waals surface area (Å²) >= 11 is 2.89. The molecule has 0 unspecified atom stereocenters. The lowest BCUT2D eigenvalue weighted by Gasteiger charge is -2.18. The zero-order valence-electron chi connectivity index (χ0n) is 14.7. The Morgan fingerprint density at radius 3 is 2.71 bits per heavy atom. The lowest BCUT2D eigenvalue weighted by atomic mass is 10.1. The fourth-order valence-electron chi connectivity index (χ4n) is 2.54. The summed E-state index contributed by atoms with van der Waals surface area (Å²) in [7, 11) is 0. The van der Waals surface area contributed by atoms with Gasteiger partial charge in [0.1, 0.15) is 19.0 Å². The van der Waals surface area contributed by atoms with Crippen molar-refractivity contribution in [2.45, 2.75) is 10.1 Å². The van der Waals surface area contributed by atoms with E-state index in [0.29, 0.717) is 41.2 Å². The van der Waals surface area contributed by atoms with Crippen LogP contribution in [0.1, 0.15) is 15.9 Å². The van der Waals surface area contributed by atoms with E-state index in [1.807, 2.05) is 0 Å². The third kappa shape index (κ3) is 4.60. The van der Waals surface area contributed by atoms with Crippen LogP contribution in [0.5, 0.6) is 11.5 Å². The summed E-state index contributed by atoms with van der Waals surface area (Å²) in [6.45, 7) is 1.10. The number of hydrogen-bond donors (Lipinski definition) is 1. The van der Waals surface area contributed by atoms with Crippen LogP contribution >= 0.6 is 23.1 Å². The second-order valence-electron chi connectivity index (χ2n) is 5.92. The molecule has 2 aromatic carbocycles. The number of rotatable bonds is 7. The molecule has 0 aliphatic carbocycles. The third-order valence-electron chi connectivity index (χ3n) is 3.95. The Balaban J connectivity index is 1.30. The Labute approximate surface area is 169 Å². The molecule has 0 saturated heterocycles. The average molecular weight is 417 g/mol.